The number of rotatable bonds is 6. The van der Waals surface area contributed by atoms with Gasteiger partial charge in [-0.25, -0.2) is 9.78 Å². The molecule has 2 unspecified atom stereocenters. The molecular formula is C18H25N5O3. The zero-order valence-corrected chi connectivity index (χ0v) is 15.3. The Morgan fingerprint density at radius 2 is 2.15 bits per heavy atom. The third kappa shape index (κ3) is 4.65. The lowest BCUT2D eigenvalue weighted by atomic mass is 10.0. The molecule has 26 heavy (non-hydrogen) atoms. The summed E-state index contributed by atoms with van der Waals surface area (Å²) in [6.07, 6.45) is 3.87. The summed E-state index contributed by atoms with van der Waals surface area (Å²) in [5.74, 6) is 2.41. The number of hydrogen-bond donors (Lipinski definition) is 3. The van der Waals surface area contributed by atoms with Gasteiger partial charge in [0.2, 0.25) is 0 Å². The van der Waals surface area contributed by atoms with Gasteiger partial charge in [0.15, 0.2) is 5.82 Å². The number of pyridine rings is 1. The first kappa shape index (κ1) is 18.0. The van der Waals surface area contributed by atoms with Gasteiger partial charge in [0.25, 0.3) is 0 Å². The van der Waals surface area contributed by atoms with Gasteiger partial charge in [0.05, 0.1) is 13.3 Å². The number of carbonyl (C=O) groups excluding carboxylic acids is 1. The largest absolute Gasteiger partial charge is 0.495 e. The van der Waals surface area contributed by atoms with E-state index in [1.54, 1.807) is 13.3 Å². The number of carbonyl (C=O) groups is 1. The molecular weight excluding hydrogens is 334 g/mol. The van der Waals surface area contributed by atoms with Crippen molar-refractivity contribution in [2.45, 2.75) is 51.2 Å². The summed E-state index contributed by atoms with van der Waals surface area (Å²) in [5, 5.41) is 13.3. The van der Waals surface area contributed by atoms with Crippen LogP contribution in [0.1, 0.15) is 44.7 Å². The van der Waals surface area contributed by atoms with Crippen molar-refractivity contribution in [3.8, 4) is 5.75 Å². The van der Waals surface area contributed by atoms with Crippen LogP contribution < -0.4 is 15.4 Å². The van der Waals surface area contributed by atoms with Crippen LogP contribution in [0.25, 0.3) is 0 Å². The van der Waals surface area contributed by atoms with Gasteiger partial charge in [-0.3, -0.25) is 5.10 Å². The summed E-state index contributed by atoms with van der Waals surface area (Å²) < 4.78 is 10.6. The summed E-state index contributed by atoms with van der Waals surface area (Å²) in [4.78, 5) is 16.0. The molecule has 1 aliphatic carbocycles. The van der Waals surface area contributed by atoms with Crippen molar-refractivity contribution in [2.24, 2.45) is 0 Å². The quantitative estimate of drug-likeness (QED) is 0.731. The molecule has 0 bridgehead atoms. The Morgan fingerprint density at radius 1 is 1.31 bits per heavy atom. The standard InChI is InChI=1S/C18H25N5O3/c1-11(2)20-18(24)26-13-5-4-12(8-13)15-9-17(23-22-15)21-16-7-6-14(25-3)10-19-16/h6-7,9-13H,4-5,8H2,1-3H3,(H,20,24)(H2,19,21,22,23). The minimum Gasteiger partial charge on any atom is -0.495 e. The maximum Gasteiger partial charge on any atom is 0.407 e. The van der Waals surface area contributed by atoms with Crippen molar-refractivity contribution in [1.29, 1.82) is 0 Å². The second kappa shape index (κ2) is 8.07. The highest BCUT2D eigenvalue weighted by Gasteiger charge is 2.30. The maximum atomic E-state index is 11.7. The average molecular weight is 359 g/mol. The molecule has 1 fully saturated rings. The van der Waals surface area contributed by atoms with Crippen LogP contribution in [0, 0.1) is 0 Å². The average Bonchev–Trinajstić information content (AvgIpc) is 3.24. The van der Waals surface area contributed by atoms with Gasteiger partial charge in [-0.1, -0.05) is 0 Å². The van der Waals surface area contributed by atoms with E-state index in [-0.39, 0.29) is 18.2 Å². The Morgan fingerprint density at radius 3 is 2.85 bits per heavy atom. The van der Waals surface area contributed by atoms with E-state index in [0.717, 1.165) is 25.0 Å². The SMILES string of the molecule is COc1ccc(Nc2cc(C3CCC(OC(=O)NC(C)C)C3)[nH]n2)nc1. The Kier molecular flexibility index (Phi) is 5.60. The molecule has 1 aliphatic rings. The normalized spacial score (nSPS) is 19.4. The Labute approximate surface area is 152 Å². The lowest BCUT2D eigenvalue weighted by Gasteiger charge is -2.14. The van der Waals surface area contributed by atoms with Crippen LogP contribution in [0.3, 0.4) is 0 Å². The highest BCUT2D eigenvalue weighted by atomic mass is 16.6. The van der Waals surface area contributed by atoms with E-state index in [2.05, 4.69) is 25.8 Å². The van der Waals surface area contributed by atoms with Gasteiger partial charge in [0.1, 0.15) is 17.7 Å². The first-order valence-electron chi connectivity index (χ1n) is 8.83. The predicted molar refractivity (Wildman–Crippen MR) is 97.8 cm³/mol. The summed E-state index contributed by atoms with van der Waals surface area (Å²) in [6.45, 7) is 3.82. The summed E-state index contributed by atoms with van der Waals surface area (Å²) in [6, 6.07) is 5.73. The van der Waals surface area contributed by atoms with Crippen LogP contribution in [0.2, 0.25) is 0 Å². The minimum atomic E-state index is -0.344. The molecule has 0 aliphatic heterocycles. The molecule has 0 aromatic carbocycles. The lowest BCUT2D eigenvalue weighted by molar-refractivity contribution is 0.0981. The fourth-order valence-electron chi connectivity index (χ4n) is 3.07. The van der Waals surface area contributed by atoms with E-state index in [1.165, 1.54) is 0 Å². The molecule has 2 heterocycles. The molecule has 0 spiro atoms. The Hall–Kier alpha value is -2.77. The minimum absolute atomic E-state index is 0.0540. The van der Waals surface area contributed by atoms with E-state index < -0.39 is 0 Å². The zero-order valence-electron chi connectivity index (χ0n) is 15.3. The smallest absolute Gasteiger partial charge is 0.407 e. The number of aromatic amines is 1. The number of ether oxygens (including phenoxy) is 2. The van der Waals surface area contributed by atoms with E-state index in [9.17, 15) is 4.79 Å². The van der Waals surface area contributed by atoms with Gasteiger partial charge in [0, 0.05) is 23.7 Å². The first-order chi connectivity index (χ1) is 12.5. The van der Waals surface area contributed by atoms with Gasteiger partial charge in [-0.2, -0.15) is 5.10 Å². The number of hydrogen-bond acceptors (Lipinski definition) is 6. The van der Waals surface area contributed by atoms with E-state index in [0.29, 0.717) is 23.3 Å². The molecule has 3 N–H and O–H groups in total. The molecule has 1 saturated carbocycles. The van der Waals surface area contributed by atoms with Crippen molar-refractivity contribution in [2.75, 3.05) is 12.4 Å². The van der Waals surface area contributed by atoms with Gasteiger partial charge in [-0.15, -0.1) is 0 Å². The summed E-state index contributed by atoms with van der Waals surface area (Å²) in [7, 11) is 1.61. The van der Waals surface area contributed by atoms with Crippen LogP contribution in [0.5, 0.6) is 5.75 Å². The van der Waals surface area contributed by atoms with Gasteiger partial charge in [-0.05, 0) is 45.2 Å². The highest BCUT2D eigenvalue weighted by molar-refractivity contribution is 5.67. The van der Waals surface area contributed by atoms with E-state index >= 15 is 0 Å². The third-order valence-electron chi connectivity index (χ3n) is 4.33. The number of methoxy groups -OCH3 is 1. The molecule has 0 saturated heterocycles. The summed E-state index contributed by atoms with van der Waals surface area (Å²) in [5.41, 5.74) is 1.04. The molecule has 3 rings (SSSR count). The molecule has 1 amide bonds. The number of amides is 1. The van der Waals surface area contributed by atoms with Gasteiger partial charge >= 0.3 is 6.09 Å². The second-order valence-electron chi connectivity index (χ2n) is 6.75. The molecule has 2 aromatic rings. The van der Waals surface area contributed by atoms with E-state index in [4.69, 9.17) is 9.47 Å². The number of H-pyrrole nitrogens is 1. The lowest BCUT2D eigenvalue weighted by Crippen LogP contribution is -2.33. The van der Waals surface area contributed by atoms with Crippen LogP contribution in [0.4, 0.5) is 16.4 Å². The molecule has 2 aromatic heterocycles. The van der Waals surface area contributed by atoms with Crippen LogP contribution in [-0.4, -0.2) is 40.5 Å². The zero-order chi connectivity index (χ0) is 18.5. The molecule has 140 valence electrons. The van der Waals surface area contributed by atoms with Crippen molar-refractivity contribution in [3.05, 3.63) is 30.1 Å². The Balaban J connectivity index is 1.54. The first-order valence-corrected chi connectivity index (χ1v) is 8.83. The molecule has 8 nitrogen and oxygen atoms in total. The van der Waals surface area contributed by atoms with Crippen molar-refractivity contribution < 1.29 is 14.3 Å². The topological polar surface area (TPSA) is 101 Å². The van der Waals surface area contributed by atoms with E-state index in [1.807, 2.05) is 32.0 Å². The molecule has 2 atom stereocenters. The van der Waals surface area contributed by atoms with Crippen molar-refractivity contribution in [1.82, 2.24) is 20.5 Å². The van der Waals surface area contributed by atoms with Crippen LogP contribution in [-0.2, 0) is 4.74 Å². The van der Waals surface area contributed by atoms with Crippen molar-refractivity contribution in [3.63, 3.8) is 0 Å². The summed E-state index contributed by atoms with van der Waals surface area (Å²) >= 11 is 0. The number of aromatic nitrogens is 3. The molecule has 0 radical (unpaired) electrons. The number of alkyl carbamates (subject to hydrolysis) is 1. The van der Waals surface area contributed by atoms with Gasteiger partial charge < -0.3 is 20.1 Å². The number of nitrogens with one attached hydrogen (secondary N) is 3. The second-order valence-corrected chi connectivity index (χ2v) is 6.75. The maximum absolute atomic E-state index is 11.7. The monoisotopic (exact) mass is 359 g/mol. The number of nitrogens with zero attached hydrogens (tertiary/aromatic N) is 2. The van der Waals surface area contributed by atoms with Crippen molar-refractivity contribution >= 4 is 17.7 Å². The predicted octanol–water partition coefficient (Wildman–Crippen LogP) is 3.33. The van der Waals surface area contributed by atoms with Crippen LogP contribution in [0.15, 0.2) is 24.4 Å². The number of anilines is 2. The highest BCUT2D eigenvalue weighted by Crippen LogP contribution is 2.36. The van der Waals surface area contributed by atoms with Crippen LogP contribution >= 0.6 is 0 Å². The Bertz CT molecular complexity index is 729. The third-order valence-corrected chi connectivity index (χ3v) is 4.33. The fraction of sp³-hybridized carbons (Fsp3) is 0.500. The fourth-order valence-corrected chi connectivity index (χ4v) is 3.07. The molecule has 8 heteroatoms.